The lowest BCUT2D eigenvalue weighted by Gasteiger charge is -2.04. The number of nitrogens with one attached hydrogen (secondary N) is 1. The average molecular weight is 321 g/mol. The lowest BCUT2D eigenvalue weighted by atomic mass is 10.2. The van der Waals surface area contributed by atoms with Crippen LogP contribution in [0.1, 0.15) is 12.2 Å². The van der Waals surface area contributed by atoms with Crippen molar-refractivity contribution in [2.24, 2.45) is 0 Å². The van der Waals surface area contributed by atoms with Crippen LogP contribution in [0.25, 0.3) is 23.0 Å². The first-order valence-electron chi connectivity index (χ1n) is 7.65. The van der Waals surface area contributed by atoms with Crippen molar-refractivity contribution in [3.8, 4) is 23.0 Å². The number of hydrogen-bond acceptors (Lipinski definition) is 6. The summed E-state index contributed by atoms with van der Waals surface area (Å²) in [5, 5.41) is 13.9. The first kappa shape index (κ1) is 14.3. The second-order valence-electron chi connectivity index (χ2n) is 5.28. The summed E-state index contributed by atoms with van der Waals surface area (Å²) in [6, 6.07) is 9.81. The Balaban J connectivity index is 1.49. The van der Waals surface area contributed by atoms with E-state index in [-0.39, 0.29) is 0 Å². The van der Waals surface area contributed by atoms with E-state index in [2.05, 4.69) is 30.6 Å². The van der Waals surface area contributed by atoms with E-state index in [1.807, 2.05) is 41.1 Å². The van der Waals surface area contributed by atoms with Crippen molar-refractivity contribution < 1.29 is 4.42 Å². The molecule has 8 heteroatoms. The molecule has 0 radical (unpaired) electrons. The summed E-state index contributed by atoms with van der Waals surface area (Å²) in [4.78, 5) is 8.95. The minimum Gasteiger partial charge on any atom is -0.444 e. The topological polar surface area (TPSA) is 98.3 Å². The summed E-state index contributed by atoms with van der Waals surface area (Å²) < 4.78 is 7.64. The number of tetrazole rings is 1. The number of H-pyrrole nitrogens is 1. The molecule has 4 aromatic rings. The monoisotopic (exact) mass is 321 g/mol. The minimum absolute atomic E-state index is 0.590. The Kier molecular flexibility index (Phi) is 3.85. The molecule has 0 aliphatic rings. The molecule has 3 aromatic heterocycles. The molecule has 8 nitrogen and oxygen atoms in total. The van der Waals surface area contributed by atoms with Gasteiger partial charge in [-0.3, -0.25) is 0 Å². The second-order valence-corrected chi connectivity index (χ2v) is 5.28. The zero-order valence-corrected chi connectivity index (χ0v) is 12.8. The van der Waals surface area contributed by atoms with Gasteiger partial charge in [0, 0.05) is 30.9 Å². The number of aromatic amines is 1. The van der Waals surface area contributed by atoms with Crippen LogP contribution in [0.2, 0.25) is 0 Å². The van der Waals surface area contributed by atoms with E-state index in [1.54, 1.807) is 12.5 Å². The van der Waals surface area contributed by atoms with Crippen molar-refractivity contribution in [2.45, 2.75) is 19.4 Å². The van der Waals surface area contributed by atoms with Crippen LogP contribution < -0.4 is 0 Å². The highest BCUT2D eigenvalue weighted by atomic mass is 16.3. The molecule has 0 unspecified atom stereocenters. The summed E-state index contributed by atoms with van der Waals surface area (Å²) in [5.74, 6) is 2.09. The zero-order chi connectivity index (χ0) is 16.2. The van der Waals surface area contributed by atoms with E-state index < -0.39 is 0 Å². The summed E-state index contributed by atoms with van der Waals surface area (Å²) in [6.07, 6.45) is 6.97. The number of oxazole rings is 1. The van der Waals surface area contributed by atoms with Gasteiger partial charge in [-0.2, -0.15) is 5.21 Å². The first-order valence-corrected chi connectivity index (χ1v) is 7.65. The molecule has 0 bridgehead atoms. The fraction of sp³-hybridized carbons (Fsp3) is 0.188. The van der Waals surface area contributed by atoms with Gasteiger partial charge in [0.1, 0.15) is 12.0 Å². The molecule has 0 aliphatic heterocycles. The fourth-order valence-electron chi connectivity index (χ4n) is 2.51. The number of imidazole rings is 1. The van der Waals surface area contributed by atoms with E-state index in [9.17, 15) is 0 Å². The Morgan fingerprint density at radius 3 is 2.92 bits per heavy atom. The Bertz CT molecular complexity index is 896. The van der Waals surface area contributed by atoms with Crippen LogP contribution in [-0.4, -0.2) is 35.2 Å². The Morgan fingerprint density at radius 1 is 1.17 bits per heavy atom. The summed E-state index contributed by atoms with van der Waals surface area (Å²) >= 11 is 0. The first-order chi connectivity index (χ1) is 11.9. The molecule has 0 saturated heterocycles. The lowest BCUT2D eigenvalue weighted by Crippen LogP contribution is -2.02. The van der Waals surface area contributed by atoms with E-state index in [0.29, 0.717) is 11.7 Å². The molecule has 0 saturated carbocycles. The third kappa shape index (κ3) is 2.94. The molecule has 0 amide bonds. The van der Waals surface area contributed by atoms with Crippen LogP contribution in [0.5, 0.6) is 0 Å². The molecule has 3 heterocycles. The predicted octanol–water partition coefficient (Wildman–Crippen LogP) is 2.35. The van der Waals surface area contributed by atoms with E-state index in [0.717, 1.165) is 36.5 Å². The Labute approximate surface area is 137 Å². The van der Waals surface area contributed by atoms with Crippen molar-refractivity contribution in [2.75, 3.05) is 0 Å². The van der Waals surface area contributed by atoms with Crippen molar-refractivity contribution in [1.29, 1.82) is 0 Å². The maximum Gasteiger partial charge on any atom is 0.226 e. The van der Waals surface area contributed by atoms with Gasteiger partial charge in [-0.15, -0.1) is 10.2 Å². The van der Waals surface area contributed by atoms with Crippen LogP contribution >= 0.6 is 0 Å². The molecule has 1 aromatic carbocycles. The normalized spacial score (nSPS) is 11.0. The fourth-order valence-corrected chi connectivity index (χ4v) is 2.51. The largest absolute Gasteiger partial charge is 0.444 e. The summed E-state index contributed by atoms with van der Waals surface area (Å²) in [7, 11) is 0. The van der Waals surface area contributed by atoms with Gasteiger partial charge in [0.2, 0.25) is 5.89 Å². The maximum absolute atomic E-state index is 5.60. The standard InChI is InChI=1S/C16H15N7O/c1-2-5-12(6-3-1)16-18-13(11-24-16)15-17-8-10-23(15)9-4-7-14-19-21-22-20-14/h1-3,5-6,8,10-11H,4,7,9H2,(H,19,20,21,22). The van der Waals surface area contributed by atoms with Crippen LogP contribution in [0, 0.1) is 0 Å². The van der Waals surface area contributed by atoms with Crippen molar-refractivity contribution in [3.05, 3.63) is 54.8 Å². The SMILES string of the molecule is c1ccc(-c2nc(-c3nccn3CCCc3nn[nH]n3)co2)cc1. The maximum atomic E-state index is 5.60. The van der Waals surface area contributed by atoms with Crippen molar-refractivity contribution >= 4 is 0 Å². The molecule has 120 valence electrons. The van der Waals surface area contributed by atoms with Crippen LogP contribution in [-0.2, 0) is 13.0 Å². The highest BCUT2D eigenvalue weighted by Gasteiger charge is 2.13. The third-order valence-electron chi connectivity index (χ3n) is 3.66. The zero-order valence-electron chi connectivity index (χ0n) is 12.8. The van der Waals surface area contributed by atoms with Gasteiger partial charge in [-0.05, 0) is 18.6 Å². The quantitative estimate of drug-likeness (QED) is 0.585. The smallest absolute Gasteiger partial charge is 0.226 e. The number of aromatic nitrogens is 7. The summed E-state index contributed by atoms with van der Waals surface area (Å²) in [5.41, 5.74) is 1.66. The molecular weight excluding hydrogens is 306 g/mol. The van der Waals surface area contributed by atoms with Gasteiger partial charge in [-0.1, -0.05) is 23.4 Å². The molecular formula is C16H15N7O. The Hall–Kier alpha value is -3.29. The Morgan fingerprint density at radius 2 is 2.08 bits per heavy atom. The lowest BCUT2D eigenvalue weighted by molar-refractivity contribution is 0.574. The number of aryl methyl sites for hydroxylation is 2. The molecule has 24 heavy (non-hydrogen) atoms. The minimum atomic E-state index is 0.590. The van der Waals surface area contributed by atoms with Gasteiger partial charge in [0.15, 0.2) is 11.6 Å². The average Bonchev–Trinajstić information content (AvgIpc) is 3.37. The van der Waals surface area contributed by atoms with Crippen LogP contribution in [0.3, 0.4) is 0 Å². The van der Waals surface area contributed by atoms with Gasteiger partial charge in [0.25, 0.3) is 0 Å². The highest BCUT2D eigenvalue weighted by Crippen LogP contribution is 2.23. The highest BCUT2D eigenvalue weighted by molar-refractivity contribution is 5.58. The van der Waals surface area contributed by atoms with Crippen molar-refractivity contribution in [3.63, 3.8) is 0 Å². The molecule has 1 N–H and O–H groups in total. The van der Waals surface area contributed by atoms with E-state index >= 15 is 0 Å². The number of benzene rings is 1. The van der Waals surface area contributed by atoms with Crippen molar-refractivity contribution in [1.82, 2.24) is 35.2 Å². The van der Waals surface area contributed by atoms with Gasteiger partial charge in [-0.25, -0.2) is 9.97 Å². The van der Waals surface area contributed by atoms with Gasteiger partial charge in [0.05, 0.1) is 0 Å². The third-order valence-corrected chi connectivity index (χ3v) is 3.66. The van der Waals surface area contributed by atoms with E-state index in [4.69, 9.17) is 4.42 Å². The predicted molar refractivity (Wildman–Crippen MR) is 85.7 cm³/mol. The second kappa shape index (κ2) is 6.45. The summed E-state index contributed by atoms with van der Waals surface area (Å²) in [6.45, 7) is 0.789. The molecule has 0 spiro atoms. The van der Waals surface area contributed by atoms with Gasteiger partial charge < -0.3 is 8.98 Å². The van der Waals surface area contributed by atoms with Gasteiger partial charge >= 0.3 is 0 Å². The van der Waals surface area contributed by atoms with Crippen LogP contribution in [0.15, 0.2) is 53.4 Å². The van der Waals surface area contributed by atoms with E-state index in [1.165, 1.54) is 0 Å². The number of nitrogens with zero attached hydrogens (tertiary/aromatic N) is 6. The number of rotatable bonds is 6. The van der Waals surface area contributed by atoms with Crippen LogP contribution in [0.4, 0.5) is 0 Å². The molecule has 4 rings (SSSR count). The molecule has 0 atom stereocenters. The molecule has 0 fully saturated rings. The number of hydrogen-bond donors (Lipinski definition) is 1. The molecule has 0 aliphatic carbocycles.